The summed E-state index contributed by atoms with van der Waals surface area (Å²) in [5, 5.41) is 12.4. The first-order valence-electron chi connectivity index (χ1n) is 9.58. The average Bonchev–Trinajstić information content (AvgIpc) is 2.78. The van der Waals surface area contributed by atoms with E-state index in [2.05, 4.69) is 21.2 Å². The molecule has 0 fully saturated rings. The molecular formula is C25H21BrN2O2. The van der Waals surface area contributed by atoms with Crippen molar-refractivity contribution in [3.63, 3.8) is 0 Å². The summed E-state index contributed by atoms with van der Waals surface area (Å²) in [6.07, 6.45) is 2.34. The van der Waals surface area contributed by atoms with Crippen molar-refractivity contribution in [2.75, 3.05) is 5.32 Å². The summed E-state index contributed by atoms with van der Waals surface area (Å²) in [7, 11) is 0. The lowest BCUT2D eigenvalue weighted by atomic mass is 10.1. The Labute approximate surface area is 184 Å². The highest BCUT2D eigenvalue weighted by molar-refractivity contribution is 9.10. The molecule has 150 valence electrons. The number of benzene rings is 3. The Morgan fingerprint density at radius 1 is 1.03 bits per heavy atom. The molecule has 0 aliphatic carbocycles. The van der Waals surface area contributed by atoms with Crippen LogP contribution in [-0.2, 0) is 17.8 Å². The second-order valence-corrected chi connectivity index (χ2v) is 7.41. The van der Waals surface area contributed by atoms with Crippen molar-refractivity contribution in [3.05, 3.63) is 99.5 Å². The van der Waals surface area contributed by atoms with E-state index in [1.807, 2.05) is 85.8 Å². The van der Waals surface area contributed by atoms with Gasteiger partial charge in [-0.1, -0.05) is 77.5 Å². The number of hydrogen-bond donors (Lipinski definition) is 1. The van der Waals surface area contributed by atoms with Crippen LogP contribution in [-0.4, -0.2) is 5.91 Å². The van der Waals surface area contributed by atoms with Gasteiger partial charge in [-0.15, -0.1) is 0 Å². The molecule has 0 unspecified atom stereocenters. The molecule has 0 heterocycles. The van der Waals surface area contributed by atoms with Gasteiger partial charge in [-0.3, -0.25) is 4.79 Å². The third-order valence-electron chi connectivity index (χ3n) is 4.57. The van der Waals surface area contributed by atoms with Gasteiger partial charge in [0, 0.05) is 21.3 Å². The lowest BCUT2D eigenvalue weighted by molar-refractivity contribution is -0.112. The van der Waals surface area contributed by atoms with Crippen LogP contribution in [0.5, 0.6) is 5.75 Å². The fourth-order valence-electron chi connectivity index (χ4n) is 2.95. The maximum absolute atomic E-state index is 12.7. The fraction of sp³-hybridized carbons (Fsp3) is 0.120. The molecule has 0 saturated heterocycles. The minimum Gasteiger partial charge on any atom is -0.488 e. The second kappa shape index (κ2) is 10.4. The first-order valence-corrected chi connectivity index (χ1v) is 10.4. The standard InChI is InChI=1S/C25H21BrN2O2/c1-2-18-9-4-7-13-23(18)28-25(29)21(16-27)15-19-10-5-8-14-24(19)30-17-20-11-3-6-12-22(20)26/h3-15H,2,17H2,1H3,(H,28,29)/b21-15+. The van der Waals surface area contributed by atoms with Gasteiger partial charge in [0.25, 0.3) is 5.91 Å². The SMILES string of the molecule is CCc1ccccc1NC(=O)/C(C#N)=C/c1ccccc1OCc1ccccc1Br. The van der Waals surface area contributed by atoms with Crippen LogP contribution in [0.4, 0.5) is 5.69 Å². The van der Waals surface area contributed by atoms with Crippen LogP contribution in [0.3, 0.4) is 0 Å². The molecule has 0 aliphatic rings. The number of nitrogens with zero attached hydrogens (tertiary/aromatic N) is 1. The number of hydrogen-bond acceptors (Lipinski definition) is 3. The summed E-state index contributed by atoms with van der Waals surface area (Å²) in [4.78, 5) is 12.7. The number of nitrogens with one attached hydrogen (secondary N) is 1. The number of amides is 1. The van der Waals surface area contributed by atoms with E-state index in [0.29, 0.717) is 23.6 Å². The van der Waals surface area contributed by atoms with Crippen molar-refractivity contribution in [2.24, 2.45) is 0 Å². The largest absolute Gasteiger partial charge is 0.488 e. The highest BCUT2D eigenvalue weighted by Crippen LogP contribution is 2.25. The summed E-state index contributed by atoms with van der Waals surface area (Å²) < 4.78 is 6.93. The summed E-state index contributed by atoms with van der Waals surface area (Å²) in [5.41, 5.74) is 3.41. The molecule has 3 aromatic rings. The summed E-state index contributed by atoms with van der Waals surface area (Å²) >= 11 is 3.51. The summed E-state index contributed by atoms with van der Waals surface area (Å²) in [6, 6.07) is 24.7. The highest BCUT2D eigenvalue weighted by Gasteiger charge is 2.13. The Bertz CT molecular complexity index is 1120. The summed E-state index contributed by atoms with van der Waals surface area (Å²) in [6.45, 7) is 2.38. The van der Waals surface area contributed by atoms with E-state index in [1.165, 1.54) is 0 Å². The van der Waals surface area contributed by atoms with Gasteiger partial charge in [0.1, 0.15) is 24.0 Å². The van der Waals surface area contributed by atoms with Gasteiger partial charge in [0.15, 0.2) is 0 Å². The van der Waals surface area contributed by atoms with Gasteiger partial charge in [-0.2, -0.15) is 5.26 Å². The minimum absolute atomic E-state index is 0.0119. The summed E-state index contributed by atoms with van der Waals surface area (Å²) in [5.74, 6) is 0.154. The van der Waals surface area contributed by atoms with Gasteiger partial charge in [0.05, 0.1) is 0 Å². The molecule has 1 N–H and O–H groups in total. The zero-order valence-electron chi connectivity index (χ0n) is 16.6. The first-order chi connectivity index (χ1) is 14.6. The number of ether oxygens (including phenoxy) is 1. The van der Waals surface area contributed by atoms with E-state index < -0.39 is 5.91 Å². The molecule has 0 aromatic heterocycles. The molecule has 0 radical (unpaired) electrons. The quantitative estimate of drug-likeness (QED) is 0.340. The number of halogens is 1. The zero-order chi connectivity index (χ0) is 21.3. The predicted octanol–water partition coefficient (Wildman–Crippen LogP) is 6.14. The molecule has 0 bridgehead atoms. The van der Waals surface area contributed by atoms with Crippen molar-refractivity contribution in [1.82, 2.24) is 0 Å². The van der Waals surface area contributed by atoms with E-state index in [9.17, 15) is 10.1 Å². The van der Waals surface area contributed by atoms with Crippen LogP contribution in [0.1, 0.15) is 23.6 Å². The van der Waals surface area contributed by atoms with Crippen LogP contribution in [0.2, 0.25) is 0 Å². The van der Waals surface area contributed by atoms with Gasteiger partial charge < -0.3 is 10.1 Å². The van der Waals surface area contributed by atoms with E-state index in [4.69, 9.17) is 4.74 Å². The highest BCUT2D eigenvalue weighted by atomic mass is 79.9. The van der Waals surface area contributed by atoms with E-state index >= 15 is 0 Å². The Kier molecular flexibility index (Phi) is 7.42. The molecule has 30 heavy (non-hydrogen) atoms. The molecule has 0 aliphatic heterocycles. The molecule has 4 nitrogen and oxygen atoms in total. The molecule has 0 saturated carbocycles. The predicted molar refractivity (Wildman–Crippen MR) is 123 cm³/mol. The Morgan fingerprint density at radius 2 is 1.70 bits per heavy atom. The van der Waals surface area contributed by atoms with Crippen molar-refractivity contribution in [2.45, 2.75) is 20.0 Å². The Hall–Kier alpha value is -3.36. The van der Waals surface area contributed by atoms with Crippen LogP contribution >= 0.6 is 15.9 Å². The number of para-hydroxylation sites is 2. The molecule has 5 heteroatoms. The van der Waals surface area contributed by atoms with Gasteiger partial charge in [-0.25, -0.2) is 0 Å². The number of nitriles is 1. The fourth-order valence-corrected chi connectivity index (χ4v) is 3.35. The van der Waals surface area contributed by atoms with E-state index in [-0.39, 0.29) is 5.57 Å². The van der Waals surface area contributed by atoms with Crippen LogP contribution < -0.4 is 10.1 Å². The maximum atomic E-state index is 12.7. The van der Waals surface area contributed by atoms with Crippen molar-refractivity contribution >= 4 is 33.6 Å². The van der Waals surface area contributed by atoms with Crippen LogP contribution in [0.25, 0.3) is 6.08 Å². The number of aryl methyl sites for hydroxylation is 1. The zero-order valence-corrected chi connectivity index (χ0v) is 18.1. The lowest BCUT2D eigenvalue weighted by Gasteiger charge is -2.11. The van der Waals surface area contributed by atoms with Crippen LogP contribution in [0.15, 0.2) is 82.8 Å². The molecule has 1 amide bonds. The van der Waals surface area contributed by atoms with Crippen LogP contribution in [0, 0.1) is 11.3 Å². The third-order valence-corrected chi connectivity index (χ3v) is 5.35. The minimum atomic E-state index is -0.445. The molecule has 3 rings (SSSR count). The first kappa shape index (κ1) is 21.4. The van der Waals surface area contributed by atoms with Gasteiger partial charge in [-0.05, 0) is 36.3 Å². The molecule has 3 aromatic carbocycles. The molecule has 0 spiro atoms. The van der Waals surface area contributed by atoms with Gasteiger partial charge >= 0.3 is 0 Å². The molecular weight excluding hydrogens is 440 g/mol. The van der Waals surface area contributed by atoms with Crippen molar-refractivity contribution in [3.8, 4) is 11.8 Å². The maximum Gasteiger partial charge on any atom is 0.266 e. The number of carbonyl (C=O) groups is 1. The van der Waals surface area contributed by atoms with E-state index in [1.54, 1.807) is 6.08 Å². The van der Waals surface area contributed by atoms with Gasteiger partial charge in [0.2, 0.25) is 0 Å². The third kappa shape index (κ3) is 5.37. The molecule has 0 atom stereocenters. The lowest BCUT2D eigenvalue weighted by Crippen LogP contribution is -2.14. The Balaban J connectivity index is 1.81. The second-order valence-electron chi connectivity index (χ2n) is 6.55. The average molecular weight is 461 g/mol. The monoisotopic (exact) mass is 460 g/mol. The normalized spacial score (nSPS) is 10.9. The van der Waals surface area contributed by atoms with E-state index in [0.717, 1.165) is 22.0 Å². The number of rotatable bonds is 7. The number of carbonyl (C=O) groups excluding carboxylic acids is 1. The van der Waals surface area contributed by atoms with Crippen molar-refractivity contribution < 1.29 is 9.53 Å². The number of anilines is 1. The van der Waals surface area contributed by atoms with Crippen molar-refractivity contribution in [1.29, 1.82) is 5.26 Å². The smallest absolute Gasteiger partial charge is 0.266 e. The Morgan fingerprint density at radius 3 is 2.43 bits per heavy atom. The topological polar surface area (TPSA) is 62.1 Å².